The van der Waals surface area contributed by atoms with Crippen molar-refractivity contribution in [3.8, 4) is 0 Å². The molecule has 2 rings (SSSR count). The van der Waals surface area contributed by atoms with Gasteiger partial charge in [-0.25, -0.2) is 0 Å². The Bertz CT molecular complexity index is 397. The molecule has 0 unspecified atom stereocenters. The molecule has 0 aliphatic carbocycles. The molecule has 0 aromatic carbocycles. The number of rotatable bonds is 5. The van der Waals surface area contributed by atoms with Gasteiger partial charge >= 0.3 is 0 Å². The maximum absolute atomic E-state index is 5.32. The molecule has 2 heterocycles. The second-order valence-corrected chi connectivity index (χ2v) is 3.80. The van der Waals surface area contributed by atoms with E-state index in [0.717, 1.165) is 18.7 Å². The lowest BCUT2D eigenvalue weighted by Crippen LogP contribution is -2.20. The van der Waals surface area contributed by atoms with Crippen molar-refractivity contribution in [3.63, 3.8) is 0 Å². The standard InChI is InChI=1S/C13H16N2O/c1-11(13-5-3-9-16-13)15-8-6-12-4-2-7-14-10-12/h2-5,7,9-11,15H,6,8H2,1H3/t11-/m1/s1. The van der Waals surface area contributed by atoms with Crippen molar-refractivity contribution in [3.05, 3.63) is 54.2 Å². The summed E-state index contributed by atoms with van der Waals surface area (Å²) in [6, 6.07) is 8.21. The highest BCUT2D eigenvalue weighted by Gasteiger charge is 2.06. The van der Waals surface area contributed by atoms with Gasteiger partial charge in [0.15, 0.2) is 0 Å². The Labute approximate surface area is 95.5 Å². The van der Waals surface area contributed by atoms with Crippen molar-refractivity contribution in [1.29, 1.82) is 0 Å². The Hall–Kier alpha value is -1.61. The SMILES string of the molecule is C[C@@H](NCCc1cccnc1)c1ccco1. The molecule has 3 nitrogen and oxygen atoms in total. The van der Waals surface area contributed by atoms with Gasteiger partial charge in [0, 0.05) is 12.4 Å². The summed E-state index contributed by atoms with van der Waals surface area (Å²) in [4.78, 5) is 4.09. The predicted molar refractivity (Wildman–Crippen MR) is 63.1 cm³/mol. The van der Waals surface area contributed by atoms with Crippen LogP contribution < -0.4 is 5.32 Å². The maximum Gasteiger partial charge on any atom is 0.120 e. The molecule has 0 saturated heterocycles. The van der Waals surface area contributed by atoms with E-state index in [2.05, 4.69) is 23.3 Å². The van der Waals surface area contributed by atoms with Gasteiger partial charge in [-0.05, 0) is 43.7 Å². The lowest BCUT2D eigenvalue weighted by molar-refractivity contribution is 0.432. The second-order valence-electron chi connectivity index (χ2n) is 3.80. The first-order valence-corrected chi connectivity index (χ1v) is 5.52. The average Bonchev–Trinajstić information content (AvgIpc) is 2.84. The molecule has 2 aromatic rings. The topological polar surface area (TPSA) is 38.1 Å². The highest BCUT2D eigenvalue weighted by atomic mass is 16.3. The van der Waals surface area contributed by atoms with Gasteiger partial charge in [-0.15, -0.1) is 0 Å². The number of aromatic nitrogens is 1. The van der Waals surface area contributed by atoms with Crippen molar-refractivity contribution in [2.75, 3.05) is 6.54 Å². The third-order valence-corrected chi connectivity index (χ3v) is 2.56. The first-order chi connectivity index (χ1) is 7.86. The second kappa shape index (κ2) is 5.47. The summed E-state index contributed by atoms with van der Waals surface area (Å²) >= 11 is 0. The van der Waals surface area contributed by atoms with E-state index in [9.17, 15) is 0 Å². The van der Waals surface area contributed by atoms with E-state index >= 15 is 0 Å². The minimum absolute atomic E-state index is 0.256. The summed E-state index contributed by atoms with van der Waals surface area (Å²) in [6.45, 7) is 3.02. The molecule has 0 amide bonds. The van der Waals surface area contributed by atoms with Gasteiger partial charge in [0.25, 0.3) is 0 Å². The molecule has 0 bridgehead atoms. The number of pyridine rings is 1. The molecule has 0 fully saturated rings. The number of furan rings is 1. The molecular formula is C13H16N2O. The zero-order valence-electron chi connectivity index (χ0n) is 9.39. The van der Waals surface area contributed by atoms with Gasteiger partial charge in [-0.2, -0.15) is 0 Å². The third-order valence-electron chi connectivity index (χ3n) is 2.56. The van der Waals surface area contributed by atoms with Crippen LogP contribution in [0.25, 0.3) is 0 Å². The lowest BCUT2D eigenvalue weighted by atomic mass is 10.2. The van der Waals surface area contributed by atoms with Gasteiger partial charge < -0.3 is 9.73 Å². The lowest BCUT2D eigenvalue weighted by Gasteiger charge is -2.10. The monoisotopic (exact) mass is 216 g/mol. The van der Waals surface area contributed by atoms with Crippen LogP contribution in [0.15, 0.2) is 47.3 Å². The van der Waals surface area contributed by atoms with Gasteiger partial charge in [-0.3, -0.25) is 4.98 Å². The van der Waals surface area contributed by atoms with Crippen LogP contribution in [0.5, 0.6) is 0 Å². The predicted octanol–water partition coefficient (Wildman–Crippen LogP) is 2.57. The van der Waals surface area contributed by atoms with Crippen molar-refractivity contribution in [2.24, 2.45) is 0 Å². The molecule has 0 aliphatic heterocycles. The molecule has 84 valence electrons. The molecule has 16 heavy (non-hydrogen) atoms. The van der Waals surface area contributed by atoms with E-state index in [0.29, 0.717) is 0 Å². The number of hydrogen-bond acceptors (Lipinski definition) is 3. The zero-order chi connectivity index (χ0) is 11.2. The Balaban J connectivity index is 1.76. The molecular weight excluding hydrogens is 200 g/mol. The van der Waals surface area contributed by atoms with Crippen LogP contribution in [-0.2, 0) is 6.42 Å². The minimum Gasteiger partial charge on any atom is -0.468 e. The van der Waals surface area contributed by atoms with Crippen LogP contribution in [0.3, 0.4) is 0 Å². The molecule has 0 aliphatic rings. The van der Waals surface area contributed by atoms with E-state index in [-0.39, 0.29) is 6.04 Å². The van der Waals surface area contributed by atoms with E-state index in [1.165, 1.54) is 5.56 Å². The molecule has 1 N–H and O–H groups in total. The number of nitrogens with one attached hydrogen (secondary N) is 1. The van der Waals surface area contributed by atoms with E-state index in [1.807, 2.05) is 24.4 Å². The molecule has 0 spiro atoms. The normalized spacial score (nSPS) is 12.6. The maximum atomic E-state index is 5.32. The Morgan fingerprint density at radius 3 is 3.00 bits per heavy atom. The molecule has 3 heteroatoms. The fourth-order valence-electron chi connectivity index (χ4n) is 1.62. The summed E-state index contributed by atoms with van der Waals surface area (Å²) < 4.78 is 5.32. The molecule has 1 atom stereocenters. The van der Waals surface area contributed by atoms with Crippen LogP contribution in [-0.4, -0.2) is 11.5 Å². The minimum atomic E-state index is 0.256. The van der Waals surface area contributed by atoms with Crippen molar-refractivity contribution >= 4 is 0 Å². The first-order valence-electron chi connectivity index (χ1n) is 5.52. The smallest absolute Gasteiger partial charge is 0.120 e. The van der Waals surface area contributed by atoms with Gasteiger partial charge in [0.1, 0.15) is 5.76 Å². The van der Waals surface area contributed by atoms with E-state index < -0.39 is 0 Å². The first kappa shape index (κ1) is 10.9. The fraction of sp³-hybridized carbons (Fsp3) is 0.308. The van der Waals surface area contributed by atoms with Crippen molar-refractivity contribution in [2.45, 2.75) is 19.4 Å². The zero-order valence-corrected chi connectivity index (χ0v) is 9.39. The van der Waals surface area contributed by atoms with Crippen molar-refractivity contribution in [1.82, 2.24) is 10.3 Å². The Morgan fingerprint density at radius 1 is 1.38 bits per heavy atom. The van der Waals surface area contributed by atoms with Gasteiger partial charge in [0.05, 0.1) is 12.3 Å². The quantitative estimate of drug-likeness (QED) is 0.834. The Morgan fingerprint density at radius 2 is 2.31 bits per heavy atom. The highest BCUT2D eigenvalue weighted by Crippen LogP contribution is 2.11. The highest BCUT2D eigenvalue weighted by molar-refractivity contribution is 5.09. The van der Waals surface area contributed by atoms with Crippen LogP contribution in [0, 0.1) is 0 Å². The summed E-state index contributed by atoms with van der Waals surface area (Å²) in [5.41, 5.74) is 1.25. The van der Waals surface area contributed by atoms with Crippen LogP contribution in [0.2, 0.25) is 0 Å². The van der Waals surface area contributed by atoms with Gasteiger partial charge in [-0.1, -0.05) is 6.07 Å². The summed E-state index contributed by atoms with van der Waals surface area (Å²) in [7, 11) is 0. The number of nitrogens with zero attached hydrogens (tertiary/aromatic N) is 1. The van der Waals surface area contributed by atoms with Crippen molar-refractivity contribution < 1.29 is 4.42 Å². The van der Waals surface area contributed by atoms with Crippen LogP contribution >= 0.6 is 0 Å². The van der Waals surface area contributed by atoms with E-state index in [4.69, 9.17) is 4.42 Å². The van der Waals surface area contributed by atoms with Crippen LogP contribution in [0.1, 0.15) is 24.3 Å². The fourth-order valence-corrected chi connectivity index (χ4v) is 1.62. The third kappa shape index (κ3) is 2.94. The Kier molecular flexibility index (Phi) is 3.72. The molecule has 2 aromatic heterocycles. The van der Waals surface area contributed by atoms with Crippen LogP contribution in [0.4, 0.5) is 0 Å². The van der Waals surface area contributed by atoms with Gasteiger partial charge in [0.2, 0.25) is 0 Å². The molecule has 0 radical (unpaired) electrons. The molecule has 0 saturated carbocycles. The summed E-state index contributed by atoms with van der Waals surface area (Å²) in [5, 5.41) is 3.41. The average molecular weight is 216 g/mol. The summed E-state index contributed by atoms with van der Waals surface area (Å²) in [5.74, 6) is 0.978. The summed E-state index contributed by atoms with van der Waals surface area (Å²) in [6.07, 6.45) is 6.38. The largest absolute Gasteiger partial charge is 0.468 e. The van der Waals surface area contributed by atoms with E-state index in [1.54, 1.807) is 12.5 Å². The number of hydrogen-bond donors (Lipinski definition) is 1.